The minimum Gasteiger partial charge on any atom is -0.411 e. The number of rotatable bonds is 17. The summed E-state index contributed by atoms with van der Waals surface area (Å²) in [5.41, 5.74) is 2.23. The average molecular weight is 753 g/mol. The zero-order chi connectivity index (χ0) is 37.4. The highest BCUT2D eigenvalue weighted by molar-refractivity contribution is 7.89. The Kier molecular flexibility index (Phi) is 13.5. The molecule has 1 saturated carbocycles. The minimum atomic E-state index is -4.04. The summed E-state index contributed by atoms with van der Waals surface area (Å²) in [5, 5.41) is 29.9. The lowest BCUT2D eigenvalue weighted by molar-refractivity contribution is -0.128. The van der Waals surface area contributed by atoms with E-state index >= 15 is 0 Å². The third kappa shape index (κ3) is 9.77. The number of aliphatic hydroxyl groups is 1. The van der Waals surface area contributed by atoms with Gasteiger partial charge in [-0.25, -0.2) is 18.2 Å². The third-order valence-electron chi connectivity index (χ3n) is 9.92. The largest absolute Gasteiger partial charge is 0.411 e. The molecule has 14 heteroatoms. The zero-order valence-corrected chi connectivity index (χ0v) is 32.1. The molecule has 0 radical (unpaired) electrons. The lowest BCUT2D eigenvalue weighted by Gasteiger charge is -2.34. The topological polar surface area (TPSA) is 156 Å². The van der Waals surface area contributed by atoms with Gasteiger partial charge in [0.2, 0.25) is 15.9 Å². The quantitative estimate of drug-likeness (QED) is 0.0960. The molecule has 2 heterocycles. The lowest BCUT2D eigenvalue weighted by Crippen LogP contribution is -2.57. The van der Waals surface area contributed by atoms with Crippen molar-refractivity contribution in [1.82, 2.24) is 24.4 Å². The van der Waals surface area contributed by atoms with Crippen LogP contribution in [0, 0.1) is 11.8 Å². The van der Waals surface area contributed by atoms with Gasteiger partial charge >= 0.3 is 6.03 Å². The van der Waals surface area contributed by atoms with Gasteiger partial charge in [0.05, 0.1) is 40.5 Å². The van der Waals surface area contributed by atoms with E-state index in [1.807, 2.05) is 49.6 Å². The molecule has 282 valence electrons. The van der Waals surface area contributed by atoms with Crippen LogP contribution in [0.25, 0.3) is 0 Å². The van der Waals surface area contributed by atoms with E-state index in [2.05, 4.69) is 29.3 Å². The van der Waals surface area contributed by atoms with Crippen molar-refractivity contribution >= 4 is 39.5 Å². The summed E-state index contributed by atoms with van der Waals surface area (Å²) >= 11 is 1.58. The van der Waals surface area contributed by atoms with Crippen LogP contribution in [0.2, 0.25) is 0 Å². The van der Waals surface area contributed by atoms with Crippen molar-refractivity contribution in [1.29, 1.82) is 0 Å². The van der Waals surface area contributed by atoms with E-state index in [9.17, 15) is 23.1 Å². The summed E-state index contributed by atoms with van der Waals surface area (Å²) in [5.74, 6) is -0.178. The van der Waals surface area contributed by atoms with Crippen molar-refractivity contribution in [3.05, 3.63) is 81.8 Å². The SMILES string of the molecule is CC(C)c1nc(CN2CCN([C@H](C(=O)N[C@@H](Cc3ccccc3)[C@H](O)CN(CC3CCCC3)S(=O)(=O)c3ccc(C=NO)cc3)C(C)C)C2=O)cs1. The van der Waals surface area contributed by atoms with E-state index in [1.165, 1.54) is 22.7 Å². The van der Waals surface area contributed by atoms with E-state index in [-0.39, 0.29) is 42.3 Å². The number of nitrogens with one attached hydrogen (secondary N) is 1. The number of hydrogen-bond acceptors (Lipinski definition) is 9. The van der Waals surface area contributed by atoms with E-state index in [4.69, 9.17) is 5.21 Å². The van der Waals surface area contributed by atoms with E-state index in [1.54, 1.807) is 33.3 Å². The summed E-state index contributed by atoms with van der Waals surface area (Å²) in [6, 6.07) is 13.6. The van der Waals surface area contributed by atoms with E-state index < -0.39 is 34.1 Å². The molecule has 1 aliphatic heterocycles. The van der Waals surface area contributed by atoms with Crippen molar-refractivity contribution in [3.63, 3.8) is 0 Å². The molecule has 0 spiro atoms. The average Bonchev–Trinajstić information content (AvgIpc) is 3.88. The van der Waals surface area contributed by atoms with Crippen LogP contribution in [0.15, 0.2) is 70.0 Å². The number of sulfonamides is 1. The van der Waals surface area contributed by atoms with Crippen molar-refractivity contribution in [2.45, 2.75) is 95.3 Å². The Morgan fingerprint density at radius 1 is 1.08 bits per heavy atom. The number of urea groups is 1. The molecule has 0 unspecified atom stereocenters. The van der Waals surface area contributed by atoms with Gasteiger partial charge in [-0.15, -0.1) is 11.3 Å². The molecule has 3 N–H and O–H groups in total. The second kappa shape index (κ2) is 17.8. The van der Waals surface area contributed by atoms with E-state index in [0.29, 0.717) is 31.1 Å². The molecule has 2 fully saturated rings. The number of hydrogen-bond donors (Lipinski definition) is 3. The number of aromatic nitrogens is 1. The number of nitrogens with zero attached hydrogens (tertiary/aromatic N) is 5. The van der Waals surface area contributed by atoms with Gasteiger partial charge in [-0.1, -0.05) is 88.2 Å². The standard InChI is InChI=1S/C38H52N6O6S2/c1-26(2)35(44-19-18-42(38(44)47)23-31-25-51-37(40-31)27(3)4)36(46)41-33(20-28-10-6-5-7-11-28)34(45)24-43(22-30-12-8-9-13-30)52(49,50)32-16-14-29(15-17-32)21-39-48/h5-7,10-11,14-17,21,25-27,30,33-35,45,48H,8-9,12-13,18-20,22-24H2,1-4H3,(H,41,46)/t33-,34+,35-/m0/s1. The van der Waals surface area contributed by atoms with Crippen LogP contribution in [0.4, 0.5) is 4.79 Å². The summed E-state index contributed by atoms with van der Waals surface area (Å²) in [6.45, 7) is 9.17. The second-order valence-electron chi connectivity index (χ2n) is 14.6. The van der Waals surface area contributed by atoms with Crippen molar-refractivity contribution in [3.8, 4) is 0 Å². The zero-order valence-electron chi connectivity index (χ0n) is 30.5. The highest BCUT2D eigenvalue weighted by atomic mass is 32.2. The maximum absolute atomic E-state index is 14.2. The Balaban J connectivity index is 1.37. The molecule has 3 aromatic rings. The Hall–Kier alpha value is -3.85. The van der Waals surface area contributed by atoms with Gasteiger partial charge in [0.1, 0.15) is 6.04 Å². The summed E-state index contributed by atoms with van der Waals surface area (Å²) < 4.78 is 29.6. The third-order valence-corrected chi connectivity index (χ3v) is 13.0. The number of benzene rings is 2. The fraction of sp³-hybridized carbons (Fsp3) is 0.526. The minimum absolute atomic E-state index is 0.0616. The fourth-order valence-corrected chi connectivity index (χ4v) is 9.48. The van der Waals surface area contributed by atoms with Crippen LogP contribution in [0.3, 0.4) is 0 Å². The molecule has 1 aliphatic carbocycles. The van der Waals surface area contributed by atoms with Crippen LogP contribution in [0.5, 0.6) is 0 Å². The Morgan fingerprint density at radius 3 is 2.38 bits per heavy atom. The number of carbonyl (C=O) groups excluding carboxylic acids is 2. The Bertz CT molecular complexity index is 1760. The van der Waals surface area contributed by atoms with Crippen LogP contribution in [-0.2, 0) is 27.8 Å². The molecule has 3 amide bonds. The molecule has 2 aliphatic rings. The van der Waals surface area contributed by atoms with Crippen molar-refractivity contribution < 1.29 is 28.3 Å². The van der Waals surface area contributed by atoms with Gasteiger partial charge in [-0.2, -0.15) is 4.31 Å². The molecule has 2 aromatic carbocycles. The van der Waals surface area contributed by atoms with Crippen LogP contribution >= 0.6 is 11.3 Å². The van der Waals surface area contributed by atoms with Gasteiger partial charge in [0.25, 0.3) is 0 Å². The summed E-state index contributed by atoms with van der Waals surface area (Å²) in [4.78, 5) is 36.0. The number of amides is 3. The monoisotopic (exact) mass is 752 g/mol. The summed E-state index contributed by atoms with van der Waals surface area (Å²) in [7, 11) is -4.04. The van der Waals surface area contributed by atoms with Gasteiger partial charge in [0.15, 0.2) is 0 Å². The molecule has 5 rings (SSSR count). The van der Waals surface area contributed by atoms with Gasteiger partial charge in [-0.3, -0.25) is 4.79 Å². The fourth-order valence-electron chi connectivity index (χ4n) is 7.11. The van der Waals surface area contributed by atoms with Crippen molar-refractivity contribution in [2.24, 2.45) is 17.0 Å². The smallest absolute Gasteiger partial charge is 0.321 e. The second-order valence-corrected chi connectivity index (χ2v) is 17.4. The van der Waals surface area contributed by atoms with Crippen molar-refractivity contribution in [2.75, 3.05) is 26.2 Å². The van der Waals surface area contributed by atoms with Crippen LogP contribution < -0.4 is 5.32 Å². The maximum Gasteiger partial charge on any atom is 0.321 e. The highest BCUT2D eigenvalue weighted by Crippen LogP contribution is 2.29. The van der Waals surface area contributed by atoms with E-state index in [0.717, 1.165) is 41.9 Å². The van der Waals surface area contributed by atoms with Crippen LogP contribution in [0.1, 0.15) is 81.1 Å². The first-order valence-electron chi connectivity index (χ1n) is 18.2. The maximum atomic E-state index is 14.2. The first kappa shape index (κ1) is 39.4. The number of thiazole rings is 1. The molecule has 3 atom stereocenters. The molecule has 52 heavy (non-hydrogen) atoms. The molecular weight excluding hydrogens is 701 g/mol. The van der Waals surface area contributed by atoms with Gasteiger partial charge < -0.3 is 25.4 Å². The predicted octanol–water partition coefficient (Wildman–Crippen LogP) is 5.31. The first-order valence-corrected chi connectivity index (χ1v) is 20.5. The Morgan fingerprint density at radius 2 is 1.77 bits per heavy atom. The van der Waals surface area contributed by atoms with Crippen LogP contribution in [-0.4, -0.2) is 100 Å². The van der Waals surface area contributed by atoms with Gasteiger partial charge in [0, 0.05) is 37.5 Å². The molecule has 1 saturated heterocycles. The predicted molar refractivity (Wildman–Crippen MR) is 202 cm³/mol. The normalized spacial score (nSPS) is 17.6. The highest BCUT2D eigenvalue weighted by Gasteiger charge is 2.41. The molecule has 1 aromatic heterocycles. The van der Waals surface area contributed by atoms with Gasteiger partial charge in [-0.05, 0) is 54.4 Å². The number of carbonyl (C=O) groups is 2. The molecular formula is C38H52N6O6S2. The molecule has 0 bridgehead atoms. The summed E-state index contributed by atoms with van der Waals surface area (Å²) in [6.07, 6.45) is 4.05. The Labute approximate surface area is 311 Å². The molecule has 12 nitrogen and oxygen atoms in total. The number of oxime groups is 1. The lowest BCUT2D eigenvalue weighted by atomic mass is 9.97. The first-order chi connectivity index (χ1) is 24.9. The number of aliphatic hydroxyl groups excluding tert-OH is 1.